The summed E-state index contributed by atoms with van der Waals surface area (Å²) in [5.41, 5.74) is 1.36. The van der Waals surface area contributed by atoms with Gasteiger partial charge in [0.1, 0.15) is 11.7 Å². The lowest BCUT2D eigenvalue weighted by atomic mass is 9.47. The van der Waals surface area contributed by atoms with Crippen LogP contribution in [0.5, 0.6) is 11.5 Å². The third kappa shape index (κ3) is 3.54. The second-order valence-electron chi connectivity index (χ2n) is 11.7. The third-order valence-corrected chi connectivity index (χ3v) is 9.72. The van der Waals surface area contributed by atoms with Crippen molar-refractivity contribution < 1.29 is 19.7 Å². The number of aliphatic hydroxyl groups is 1. The van der Waals surface area contributed by atoms with E-state index in [9.17, 15) is 10.2 Å². The van der Waals surface area contributed by atoms with Crippen molar-refractivity contribution in [1.82, 2.24) is 4.90 Å². The molecule has 1 saturated heterocycles. The normalized spacial score (nSPS) is 32.8. The third-order valence-electron chi connectivity index (χ3n) is 9.47. The number of phenolic OH excluding ortho intramolecular Hbond substituents is 1. The maximum absolute atomic E-state index is 11.5. The zero-order valence-electron chi connectivity index (χ0n) is 21.3. The van der Waals surface area contributed by atoms with Crippen LogP contribution in [0.4, 0.5) is 0 Å². The van der Waals surface area contributed by atoms with Crippen molar-refractivity contribution in [1.29, 1.82) is 0 Å². The van der Waals surface area contributed by atoms with E-state index in [-0.39, 0.29) is 28.7 Å². The molecule has 2 aromatic rings. The Bertz CT molecular complexity index is 1190. The number of ether oxygens (including phenoxy) is 2. The second-order valence-corrected chi connectivity index (χ2v) is 12.1. The lowest BCUT2D eigenvalue weighted by Crippen LogP contribution is -2.68. The van der Waals surface area contributed by atoms with E-state index < -0.39 is 5.60 Å². The molecular formula is C30H36ClNO4. The van der Waals surface area contributed by atoms with Crippen LogP contribution in [0, 0.1) is 11.3 Å². The molecule has 192 valence electrons. The minimum atomic E-state index is -1.15. The highest BCUT2D eigenvalue weighted by Gasteiger charge is 2.67. The van der Waals surface area contributed by atoms with Crippen LogP contribution in [0.1, 0.15) is 49.8 Å². The van der Waals surface area contributed by atoms with Crippen LogP contribution in [-0.4, -0.2) is 54.1 Å². The van der Waals surface area contributed by atoms with E-state index in [0.717, 1.165) is 43.0 Å². The van der Waals surface area contributed by atoms with E-state index in [1.54, 1.807) is 13.2 Å². The molecule has 2 heterocycles. The molecule has 2 bridgehead atoms. The fraction of sp³-hybridized carbons (Fsp3) is 0.533. The molecule has 1 unspecified atom stereocenters. The quantitative estimate of drug-likeness (QED) is 0.502. The predicted octanol–water partition coefficient (Wildman–Crippen LogP) is 5.20. The van der Waals surface area contributed by atoms with Crippen LogP contribution in [0.25, 0.3) is 0 Å². The zero-order chi connectivity index (χ0) is 25.3. The summed E-state index contributed by atoms with van der Waals surface area (Å²) >= 11 is 6.11. The van der Waals surface area contributed by atoms with Gasteiger partial charge >= 0.3 is 0 Å². The standard InChI is InChI=1S/C30H36ClNO4/c1-28(12-13-29(2,34)21-7-9-22(31)10-8-21)24-16-20-6-11-23(33)27-26(20)30(28,25(36-27)18-35-3)14-15-32(24)17-19-4-5-19/h6-13,19,24-25,33-34H,4-5,14-18H2,1-3H3/b13-12+/t24-,25+,28-,29?,30-/m1/s1. The number of likely N-dealkylation sites (tertiary alicyclic amines) is 1. The first-order chi connectivity index (χ1) is 17.2. The Morgan fingerprint density at radius 1 is 1.22 bits per heavy atom. The Morgan fingerprint density at radius 3 is 2.67 bits per heavy atom. The summed E-state index contributed by atoms with van der Waals surface area (Å²) in [6.07, 6.45) is 8.43. The van der Waals surface area contributed by atoms with Crippen molar-refractivity contribution in [3.63, 3.8) is 0 Å². The number of aromatic hydroxyl groups is 1. The maximum Gasteiger partial charge on any atom is 0.165 e. The first-order valence-electron chi connectivity index (χ1n) is 13.1. The van der Waals surface area contributed by atoms with Gasteiger partial charge in [0, 0.05) is 35.7 Å². The van der Waals surface area contributed by atoms with E-state index in [0.29, 0.717) is 17.4 Å². The molecule has 4 aliphatic rings. The minimum Gasteiger partial charge on any atom is -0.504 e. The monoisotopic (exact) mass is 509 g/mol. The number of nitrogens with zero attached hydrogens (tertiary/aromatic N) is 1. The molecule has 2 fully saturated rings. The number of methoxy groups -OCH3 is 1. The SMILES string of the molecule is COC[C@@H]1Oc2c(O)ccc3c2[C@@]12CCN(CC1CC1)[C@H](C3)[C@@]2(C)/C=C/C(C)(O)c1ccc(Cl)cc1. The number of rotatable bonds is 7. The molecule has 5 atom stereocenters. The zero-order valence-corrected chi connectivity index (χ0v) is 22.1. The Balaban J connectivity index is 1.50. The van der Waals surface area contributed by atoms with Gasteiger partial charge in [-0.1, -0.05) is 48.9 Å². The van der Waals surface area contributed by atoms with Crippen molar-refractivity contribution in [2.45, 2.75) is 62.7 Å². The summed E-state index contributed by atoms with van der Waals surface area (Å²) in [6, 6.07) is 11.5. The molecule has 0 radical (unpaired) electrons. The summed E-state index contributed by atoms with van der Waals surface area (Å²) < 4.78 is 12.2. The van der Waals surface area contributed by atoms with Crippen molar-refractivity contribution in [3.05, 3.63) is 70.3 Å². The van der Waals surface area contributed by atoms with Gasteiger partial charge in [-0.05, 0) is 74.4 Å². The van der Waals surface area contributed by atoms with E-state index in [1.807, 2.05) is 37.3 Å². The van der Waals surface area contributed by atoms with Gasteiger partial charge in [-0.2, -0.15) is 0 Å². The number of hydrogen-bond donors (Lipinski definition) is 2. The summed E-state index contributed by atoms with van der Waals surface area (Å²) in [6.45, 7) is 6.72. The molecule has 2 aliphatic heterocycles. The number of fused-ring (bicyclic) bond motifs is 1. The lowest BCUT2D eigenvalue weighted by Gasteiger charge is -2.61. The lowest BCUT2D eigenvalue weighted by molar-refractivity contribution is -0.0791. The molecule has 2 aliphatic carbocycles. The topological polar surface area (TPSA) is 62.2 Å². The molecule has 0 aromatic heterocycles. The predicted molar refractivity (Wildman–Crippen MR) is 141 cm³/mol. The summed E-state index contributed by atoms with van der Waals surface area (Å²) in [7, 11) is 1.71. The van der Waals surface area contributed by atoms with Crippen molar-refractivity contribution in [2.24, 2.45) is 11.3 Å². The number of halogens is 1. The van der Waals surface area contributed by atoms with Crippen molar-refractivity contribution >= 4 is 11.6 Å². The number of phenols is 1. The van der Waals surface area contributed by atoms with Crippen LogP contribution in [0.3, 0.4) is 0 Å². The Kier molecular flexibility index (Phi) is 5.73. The highest BCUT2D eigenvalue weighted by molar-refractivity contribution is 6.30. The summed E-state index contributed by atoms with van der Waals surface area (Å²) in [4.78, 5) is 2.68. The smallest absolute Gasteiger partial charge is 0.165 e. The van der Waals surface area contributed by atoms with E-state index in [1.165, 1.54) is 18.4 Å². The highest BCUT2D eigenvalue weighted by Crippen LogP contribution is 2.66. The average molecular weight is 510 g/mol. The Hall–Kier alpha value is -2.05. The molecule has 6 rings (SSSR count). The van der Waals surface area contributed by atoms with E-state index >= 15 is 0 Å². The van der Waals surface area contributed by atoms with Gasteiger partial charge in [0.2, 0.25) is 0 Å². The summed E-state index contributed by atoms with van der Waals surface area (Å²) in [5.74, 6) is 1.61. The van der Waals surface area contributed by atoms with Crippen LogP contribution < -0.4 is 4.74 Å². The molecule has 6 heteroatoms. The Morgan fingerprint density at radius 2 is 1.97 bits per heavy atom. The van der Waals surface area contributed by atoms with Crippen molar-refractivity contribution in [3.8, 4) is 11.5 Å². The molecule has 36 heavy (non-hydrogen) atoms. The van der Waals surface area contributed by atoms with Gasteiger partial charge < -0.3 is 19.7 Å². The average Bonchev–Trinajstić information content (AvgIpc) is 3.60. The van der Waals surface area contributed by atoms with Crippen molar-refractivity contribution in [2.75, 3.05) is 26.8 Å². The van der Waals surface area contributed by atoms with Gasteiger partial charge in [0.05, 0.1) is 12.0 Å². The van der Waals surface area contributed by atoms with Gasteiger partial charge in [-0.3, -0.25) is 4.90 Å². The van der Waals surface area contributed by atoms with Crippen LogP contribution in [0.2, 0.25) is 5.02 Å². The first-order valence-corrected chi connectivity index (χ1v) is 13.5. The number of hydrogen-bond acceptors (Lipinski definition) is 5. The highest BCUT2D eigenvalue weighted by atomic mass is 35.5. The second kappa shape index (κ2) is 8.49. The molecule has 1 saturated carbocycles. The van der Waals surface area contributed by atoms with Crippen LogP contribution in [-0.2, 0) is 22.2 Å². The van der Waals surface area contributed by atoms with Gasteiger partial charge in [-0.25, -0.2) is 0 Å². The number of benzene rings is 2. The van der Waals surface area contributed by atoms with Crippen LogP contribution >= 0.6 is 11.6 Å². The molecular weight excluding hydrogens is 474 g/mol. The van der Waals surface area contributed by atoms with Gasteiger partial charge in [-0.15, -0.1) is 0 Å². The Labute approximate surface area is 218 Å². The fourth-order valence-corrected chi connectivity index (χ4v) is 7.45. The molecule has 0 amide bonds. The molecule has 2 aromatic carbocycles. The molecule has 5 nitrogen and oxygen atoms in total. The molecule has 1 spiro atoms. The largest absolute Gasteiger partial charge is 0.504 e. The van der Waals surface area contributed by atoms with Crippen LogP contribution in [0.15, 0.2) is 48.6 Å². The van der Waals surface area contributed by atoms with Gasteiger partial charge in [0.15, 0.2) is 11.5 Å². The molecule has 2 N–H and O–H groups in total. The van der Waals surface area contributed by atoms with Gasteiger partial charge in [0.25, 0.3) is 0 Å². The maximum atomic E-state index is 11.5. The van der Waals surface area contributed by atoms with E-state index in [2.05, 4.69) is 24.0 Å². The van der Waals surface area contributed by atoms with E-state index in [4.69, 9.17) is 21.1 Å². The minimum absolute atomic E-state index is 0.199. The first kappa shape index (κ1) is 24.3. The fourth-order valence-electron chi connectivity index (χ4n) is 7.33. The number of piperidine rings is 1. The summed E-state index contributed by atoms with van der Waals surface area (Å²) in [5, 5.41) is 23.0.